The van der Waals surface area contributed by atoms with Gasteiger partial charge in [0.25, 0.3) is 0 Å². The number of amides is 1. The van der Waals surface area contributed by atoms with E-state index in [2.05, 4.69) is 5.10 Å². The number of carbonyl (C=O) groups is 1. The molecule has 2 N–H and O–H groups in total. The molecule has 1 aromatic heterocycles. The number of hydrogen-bond acceptors (Lipinski definition) is 2. The molecule has 0 aliphatic heterocycles. The topological polar surface area (TPSA) is 60.9 Å². The van der Waals surface area contributed by atoms with E-state index in [0.29, 0.717) is 22.2 Å². The van der Waals surface area contributed by atoms with Crippen LogP contribution in [0.2, 0.25) is 0 Å². The molecule has 0 spiro atoms. The number of primary amides is 1. The van der Waals surface area contributed by atoms with Crippen LogP contribution in [0.25, 0.3) is 22.0 Å². The Kier molecular flexibility index (Phi) is 5.93. The zero-order chi connectivity index (χ0) is 24.7. The standard InChI is InChI=1S/C26H23F4N3O/c1-25(2,27)14-23(20-5-3-4-6-21(20)24(31)34)33-15-18-13-17(9-12-22(18)32-33)16-7-10-19(11-8-16)26(28,29)30/h3-13,15,23H,14H2,1-2H3,(H2,31,34). The summed E-state index contributed by atoms with van der Waals surface area (Å²) in [6.07, 6.45) is -2.60. The summed E-state index contributed by atoms with van der Waals surface area (Å²) in [6.45, 7) is 2.91. The van der Waals surface area contributed by atoms with E-state index in [1.54, 1.807) is 47.3 Å². The summed E-state index contributed by atoms with van der Waals surface area (Å²) in [5.74, 6) is -0.612. The number of rotatable bonds is 6. The SMILES string of the molecule is CC(C)(F)CC(c1ccccc1C(N)=O)n1cc2cc(-c3ccc(C(F)(F)F)cc3)ccc2n1. The van der Waals surface area contributed by atoms with Crippen LogP contribution in [0.4, 0.5) is 17.6 Å². The van der Waals surface area contributed by atoms with Crippen molar-refractivity contribution in [2.24, 2.45) is 5.73 Å². The van der Waals surface area contributed by atoms with Crippen molar-refractivity contribution >= 4 is 16.8 Å². The normalized spacial score (nSPS) is 13.2. The lowest BCUT2D eigenvalue weighted by atomic mass is 9.91. The molecule has 1 unspecified atom stereocenters. The van der Waals surface area contributed by atoms with Crippen LogP contribution in [-0.2, 0) is 6.18 Å². The third-order valence-corrected chi connectivity index (χ3v) is 5.65. The van der Waals surface area contributed by atoms with Gasteiger partial charge in [-0.25, -0.2) is 4.39 Å². The number of halogens is 4. The molecule has 1 amide bonds. The Morgan fingerprint density at radius 3 is 2.24 bits per heavy atom. The molecule has 1 heterocycles. The maximum absolute atomic E-state index is 14.8. The molecule has 0 saturated heterocycles. The van der Waals surface area contributed by atoms with Crippen LogP contribution in [0.1, 0.15) is 47.8 Å². The molecule has 0 bridgehead atoms. The van der Waals surface area contributed by atoms with Crippen LogP contribution in [0, 0.1) is 0 Å². The highest BCUT2D eigenvalue weighted by Gasteiger charge is 2.30. The molecule has 0 aliphatic carbocycles. The zero-order valence-electron chi connectivity index (χ0n) is 18.6. The largest absolute Gasteiger partial charge is 0.416 e. The van der Waals surface area contributed by atoms with E-state index in [1.807, 2.05) is 6.07 Å². The van der Waals surface area contributed by atoms with Gasteiger partial charge in [0.15, 0.2) is 0 Å². The molecule has 0 aliphatic rings. The van der Waals surface area contributed by atoms with E-state index >= 15 is 0 Å². The Morgan fingerprint density at radius 1 is 0.971 bits per heavy atom. The lowest BCUT2D eigenvalue weighted by Gasteiger charge is -2.25. The van der Waals surface area contributed by atoms with Gasteiger partial charge in [0.05, 0.1) is 17.1 Å². The van der Waals surface area contributed by atoms with Crippen molar-refractivity contribution in [2.45, 2.75) is 38.2 Å². The van der Waals surface area contributed by atoms with Gasteiger partial charge in [0.1, 0.15) is 5.67 Å². The van der Waals surface area contributed by atoms with E-state index in [1.165, 1.54) is 26.0 Å². The van der Waals surface area contributed by atoms with Crippen LogP contribution in [-0.4, -0.2) is 21.4 Å². The van der Waals surface area contributed by atoms with E-state index in [-0.39, 0.29) is 6.42 Å². The Hall–Kier alpha value is -3.68. The first kappa shape index (κ1) is 23.5. The summed E-state index contributed by atoms with van der Waals surface area (Å²) in [5.41, 5.74) is 6.13. The van der Waals surface area contributed by atoms with Crippen LogP contribution in [0.3, 0.4) is 0 Å². The lowest BCUT2D eigenvalue weighted by molar-refractivity contribution is -0.137. The van der Waals surface area contributed by atoms with Gasteiger partial charge in [0.2, 0.25) is 5.91 Å². The average molecular weight is 469 g/mol. The Balaban J connectivity index is 1.76. The molecule has 4 rings (SSSR count). The van der Waals surface area contributed by atoms with Crippen LogP contribution < -0.4 is 5.73 Å². The first-order valence-electron chi connectivity index (χ1n) is 10.7. The Bertz CT molecular complexity index is 1330. The van der Waals surface area contributed by atoms with Gasteiger partial charge >= 0.3 is 6.18 Å². The van der Waals surface area contributed by atoms with Crippen LogP contribution in [0.15, 0.2) is 72.9 Å². The molecule has 4 aromatic rings. The first-order chi connectivity index (χ1) is 15.9. The minimum Gasteiger partial charge on any atom is -0.366 e. The lowest BCUT2D eigenvalue weighted by Crippen LogP contribution is -2.25. The summed E-state index contributed by atoms with van der Waals surface area (Å²) in [5, 5.41) is 5.34. The van der Waals surface area contributed by atoms with Crippen molar-refractivity contribution in [1.29, 1.82) is 0 Å². The second-order valence-corrected chi connectivity index (χ2v) is 8.85. The first-order valence-corrected chi connectivity index (χ1v) is 10.7. The van der Waals surface area contributed by atoms with Crippen molar-refractivity contribution in [2.75, 3.05) is 0 Å². The highest BCUT2D eigenvalue weighted by Crippen LogP contribution is 2.34. The quantitative estimate of drug-likeness (QED) is 0.326. The van der Waals surface area contributed by atoms with Crippen molar-refractivity contribution in [3.63, 3.8) is 0 Å². The predicted molar refractivity (Wildman–Crippen MR) is 123 cm³/mol. The molecule has 0 saturated carbocycles. The van der Waals surface area contributed by atoms with E-state index < -0.39 is 29.4 Å². The molecule has 8 heteroatoms. The molecule has 1 atom stereocenters. The Labute approximate surface area is 194 Å². The van der Waals surface area contributed by atoms with E-state index in [9.17, 15) is 22.4 Å². The van der Waals surface area contributed by atoms with Crippen LogP contribution in [0.5, 0.6) is 0 Å². The van der Waals surface area contributed by atoms with Gasteiger partial charge in [-0.15, -0.1) is 0 Å². The third-order valence-electron chi connectivity index (χ3n) is 5.65. The van der Waals surface area contributed by atoms with Gasteiger partial charge in [0, 0.05) is 23.6 Å². The van der Waals surface area contributed by atoms with Crippen LogP contribution >= 0.6 is 0 Å². The molecular formula is C26H23F4N3O. The monoisotopic (exact) mass is 469 g/mol. The maximum atomic E-state index is 14.8. The van der Waals surface area contributed by atoms with Gasteiger partial charge in [-0.3, -0.25) is 9.48 Å². The molecule has 0 fully saturated rings. The number of carbonyl (C=O) groups excluding carboxylic acids is 1. The minimum absolute atomic E-state index is 0.0526. The van der Waals surface area contributed by atoms with Gasteiger partial charge in [-0.05, 0) is 60.9 Å². The number of nitrogens with two attached hydrogens (primary N) is 1. The number of hydrogen-bond donors (Lipinski definition) is 1. The second kappa shape index (κ2) is 8.59. The molecule has 3 aromatic carbocycles. The van der Waals surface area contributed by atoms with Gasteiger partial charge in [-0.2, -0.15) is 18.3 Å². The van der Waals surface area contributed by atoms with Gasteiger partial charge in [-0.1, -0.05) is 36.4 Å². The summed E-state index contributed by atoms with van der Waals surface area (Å²) in [6, 6.07) is 16.5. The summed E-state index contributed by atoms with van der Waals surface area (Å²) < 4.78 is 55.0. The molecule has 0 radical (unpaired) electrons. The zero-order valence-corrected chi connectivity index (χ0v) is 18.6. The van der Waals surface area contributed by atoms with Crippen molar-refractivity contribution in [3.8, 4) is 11.1 Å². The summed E-state index contributed by atoms with van der Waals surface area (Å²) in [4.78, 5) is 12.0. The van der Waals surface area contributed by atoms with Crippen molar-refractivity contribution in [3.05, 3.63) is 89.6 Å². The fraction of sp³-hybridized carbons (Fsp3) is 0.231. The molecule has 176 valence electrons. The number of fused-ring (bicyclic) bond motifs is 1. The predicted octanol–water partition coefficient (Wildman–Crippen LogP) is 6.55. The number of aromatic nitrogens is 2. The molecule has 34 heavy (non-hydrogen) atoms. The average Bonchev–Trinajstić information content (AvgIpc) is 3.19. The minimum atomic E-state index is -4.40. The summed E-state index contributed by atoms with van der Waals surface area (Å²) in [7, 11) is 0. The van der Waals surface area contributed by atoms with Crippen molar-refractivity contribution in [1.82, 2.24) is 9.78 Å². The maximum Gasteiger partial charge on any atom is 0.416 e. The van der Waals surface area contributed by atoms with Crippen molar-refractivity contribution < 1.29 is 22.4 Å². The van der Waals surface area contributed by atoms with Gasteiger partial charge < -0.3 is 5.73 Å². The molecule has 4 nitrogen and oxygen atoms in total. The van der Waals surface area contributed by atoms with E-state index in [0.717, 1.165) is 23.1 Å². The summed E-state index contributed by atoms with van der Waals surface area (Å²) >= 11 is 0. The number of nitrogens with zero attached hydrogens (tertiary/aromatic N) is 2. The fourth-order valence-electron chi connectivity index (χ4n) is 4.05. The highest BCUT2D eigenvalue weighted by molar-refractivity contribution is 5.94. The van der Waals surface area contributed by atoms with E-state index in [4.69, 9.17) is 5.73 Å². The second-order valence-electron chi connectivity index (χ2n) is 8.85. The number of benzene rings is 3. The Morgan fingerprint density at radius 2 is 1.62 bits per heavy atom. The smallest absolute Gasteiger partial charge is 0.366 e. The number of alkyl halides is 4. The third kappa shape index (κ3) is 4.95. The highest BCUT2D eigenvalue weighted by atomic mass is 19.4. The molecular weight excluding hydrogens is 446 g/mol. The fourth-order valence-corrected chi connectivity index (χ4v) is 4.05.